The van der Waals surface area contributed by atoms with Crippen LogP contribution in [-0.4, -0.2) is 16.0 Å². The van der Waals surface area contributed by atoms with Crippen molar-refractivity contribution in [2.75, 3.05) is 0 Å². The molecule has 0 saturated carbocycles. The number of nitrogens with zero attached hydrogens (tertiary/aromatic N) is 2. The second-order valence-corrected chi connectivity index (χ2v) is 5.95. The van der Waals surface area contributed by atoms with Crippen LogP contribution in [-0.2, 0) is 6.54 Å². The van der Waals surface area contributed by atoms with Crippen LogP contribution in [0.3, 0.4) is 0 Å². The molecule has 0 aliphatic rings. The fraction of sp³-hybridized carbons (Fsp3) is 0.167. The van der Waals surface area contributed by atoms with Gasteiger partial charge in [-0.1, -0.05) is 46.6 Å². The summed E-state index contributed by atoms with van der Waals surface area (Å²) in [7, 11) is 0. The van der Waals surface area contributed by atoms with Crippen LogP contribution >= 0.6 is 11.6 Å². The van der Waals surface area contributed by atoms with Crippen molar-refractivity contribution in [3.63, 3.8) is 0 Å². The van der Waals surface area contributed by atoms with Crippen molar-refractivity contribution in [2.24, 2.45) is 0 Å². The van der Waals surface area contributed by atoms with Gasteiger partial charge >= 0.3 is 0 Å². The monoisotopic (exact) mass is 341 g/mol. The van der Waals surface area contributed by atoms with Gasteiger partial charge in [0.1, 0.15) is 0 Å². The lowest BCUT2D eigenvalue weighted by Crippen LogP contribution is -2.23. The molecule has 3 rings (SSSR count). The summed E-state index contributed by atoms with van der Waals surface area (Å²) < 4.78 is 5.19. The van der Waals surface area contributed by atoms with Crippen molar-refractivity contribution in [3.05, 3.63) is 70.1 Å². The molecule has 1 aromatic heterocycles. The first kappa shape index (κ1) is 16.2. The first-order valence-electron chi connectivity index (χ1n) is 7.47. The molecule has 0 radical (unpaired) electrons. The number of carbonyl (C=O) groups excluding carboxylic acids is 1. The van der Waals surface area contributed by atoms with Crippen molar-refractivity contribution >= 4 is 17.5 Å². The molecule has 0 fully saturated rings. The van der Waals surface area contributed by atoms with Gasteiger partial charge in [-0.3, -0.25) is 4.79 Å². The second kappa shape index (κ2) is 6.84. The van der Waals surface area contributed by atoms with Gasteiger partial charge in [0, 0.05) is 5.56 Å². The Hall–Kier alpha value is -2.66. The quantitative estimate of drug-likeness (QED) is 0.780. The maximum Gasteiger partial charge on any atom is 0.253 e. The average Bonchev–Trinajstić information content (AvgIpc) is 3.01. The fourth-order valence-corrected chi connectivity index (χ4v) is 2.60. The van der Waals surface area contributed by atoms with Crippen LogP contribution in [0.25, 0.3) is 11.4 Å². The smallest absolute Gasteiger partial charge is 0.253 e. The van der Waals surface area contributed by atoms with E-state index in [0.717, 1.165) is 16.7 Å². The molecular formula is C18H16ClN3O2. The molecule has 3 aromatic rings. The van der Waals surface area contributed by atoms with Gasteiger partial charge in [-0.15, -0.1) is 0 Å². The first-order chi connectivity index (χ1) is 11.5. The highest BCUT2D eigenvalue weighted by Gasteiger charge is 2.13. The Morgan fingerprint density at radius 1 is 1.17 bits per heavy atom. The molecule has 0 aliphatic carbocycles. The van der Waals surface area contributed by atoms with Gasteiger partial charge < -0.3 is 9.84 Å². The SMILES string of the molecule is Cc1cccc(-c2noc(CNC(=O)c3ccc(C)cc3Cl)n2)c1. The minimum absolute atomic E-state index is 0.141. The molecule has 0 bridgehead atoms. The van der Waals surface area contributed by atoms with E-state index in [2.05, 4.69) is 15.5 Å². The van der Waals surface area contributed by atoms with Crippen molar-refractivity contribution in [3.8, 4) is 11.4 Å². The zero-order chi connectivity index (χ0) is 17.1. The van der Waals surface area contributed by atoms with E-state index in [0.29, 0.717) is 22.3 Å². The fourth-order valence-electron chi connectivity index (χ4n) is 2.28. The largest absolute Gasteiger partial charge is 0.343 e. The number of rotatable bonds is 4. The number of hydrogen-bond donors (Lipinski definition) is 1. The van der Waals surface area contributed by atoms with Crippen molar-refractivity contribution in [1.82, 2.24) is 15.5 Å². The molecule has 0 unspecified atom stereocenters. The number of carbonyl (C=O) groups is 1. The molecule has 2 aromatic carbocycles. The molecule has 6 heteroatoms. The number of aromatic nitrogens is 2. The van der Waals surface area contributed by atoms with E-state index in [4.69, 9.17) is 16.1 Å². The minimum atomic E-state index is -0.282. The summed E-state index contributed by atoms with van der Waals surface area (Å²) in [6.45, 7) is 4.05. The summed E-state index contributed by atoms with van der Waals surface area (Å²) in [5.74, 6) is 0.551. The highest BCUT2D eigenvalue weighted by molar-refractivity contribution is 6.33. The Balaban J connectivity index is 1.68. The summed E-state index contributed by atoms with van der Waals surface area (Å²) in [6, 6.07) is 13.1. The van der Waals surface area contributed by atoms with E-state index in [9.17, 15) is 4.79 Å². The van der Waals surface area contributed by atoms with Gasteiger partial charge in [0.2, 0.25) is 11.7 Å². The van der Waals surface area contributed by atoms with Crippen LogP contribution in [0.15, 0.2) is 47.0 Å². The Morgan fingerprint density at radius 3 is 2.71 bits per heavy atom. The number of nitrogens with one attached hydrogen (secondary N) is 1. The Kier molecular flexibility index (Phi) is 4.62. The van der Waals surface area contributed by atoms with Crippen LogP contribution in [0.4, 0.5) is 0 Å². The van der Waals surface area contributed by atoms with Crippen LogP contribution in [0.2, 0.25) is 5.02 Å². The normalized spacial score (nSPS) is 10.6. The van der Waals surface area contributed by atoms with E-state index in [1.807, 2.05) is 44.2 Å². The second-order valence-electron chi connectivity index (χ2n) is 5.55. The molecule has 0 saturated heterocycles. The summed E-state index contributed by atoms with van der Waals surface area (Å²) in [5, 5.41) is 7.09. The van der Waals surface area contributed by atoms with E-state index < -0.39 is 0 Å². The van der Waals surface area contributed by atoms with E-state index >= 15 is 0 Å². The lowest BCUT2D eigenvalue weighted by Gasteiger charge is -2.05. The molecule has 0 aliphatic heterocycles. The molecule has 122 valence electrons. The summed E-state index contributed by atoms with van der Waals surface area (Å²) in [5.41, 5.74) is 3.40. The standard InChI is InChI=1S/C18H16ClN3O2/c1-11-4-3-5-13(8-11)17-21-16(24-22-17)10-20-18(23)14-7-6-12(2)9-15(14)19/h3-9H,10H2,1-2H3,(H,20,23). The van der Waals surface area contributed by atoms with E-state index in [1.54, 1.807) is 12.1 Å². The van der Waals surface area contributed by atoms with Crippen molar-refractivity contribution < 1.29 is 9.32 Å². The number of benzene rings is 2. The van der Waals surface area contributed by atoms with Gasteiger partial charge in [-0.25, -0.2) is 0 Å². The van der Waals surface area contributed by atoms with Crippen LogP contribution in [0.5, 0.6) is 0 Å². The highest BCUT2D eigenvalue weighted by Crippen LogP contribution is 2.18. The van der Waals surface area contributed by atoms with Crippen molar-refractivity contribution in [2.45, 2.75) is 20.4 Å². The third kappa shape index (κ3) is 3.63. The molecule has 1 amide bonds. The van der Waals surface area contributed by atoms with Crippen LogP contribution < -0.4 is 5.32 Å². The number of amides is 1. The molecular weight excluding hydrogens is 326 g/mol. The summed E-state index contributed by atoms with van der Waals surface area (Å²) in [6.07, 6.45) is 0. The molecule has 24 heavy (non-hydrogen) atoms. The zero-order valence-electron chi connectivity index (χ0n) is 13.3. The molecule has 0 atom stereocenters. The predicted molar refractivity (Wildman–Crippen MR) is 91.8 cm³/mol. The average molecular weight is 342 g/mol. The van der Waals surface area contributed by atoms with Crippen molar-refractivity contribution in [1.29, 1.82) is 0 Å². The van der Waals surface area contributed by atoms with Crippen LogP contribution in [0.1, 0.15) is 27.4 Å². The molecule has 5 nitrogen and oxygen atoms in total. The predicted octanol–water partition coefficient (Wildman–Crippen LogP) is 3.94. The van der Waals surface area contributed by atoms with E-state index in [-0.39, 0.29) is 12.5 Å². The number of aryl methyl sites for hydroxylation is 2. The third-order valence-electron chi connectivity index (χ3n) is 3.51. The minimum Gasteiger partial charge on any atom is -0.343 e. The lowest BCUT2D eigenvalue weighted by molar-refractivity contribution is 0.0946. The zero-order valence-corrected chi connectivity index (χ0v) is 14.1. The molecule has 0 spiro atoms. The van der Waals surface area contributed by atoms with E-state index in [1.165, 1.54) is 0 Å². The maximum absolute atomic E-state index is 12.2. The van der Waals surface area contributed by atoms with Gasteiger partial charge in [0.25, 0.3) is 5.91 Å². The third-order valence-corrected chi connectivity index (χ3v) is 3.83. The first-order valence-corrected chi connectivity index (χ1v) is 7.85. The van der Waals surface area contributed by atoms with Gasteiger partial charge in [0.15, 0.2) is 0 Å². The Morgan fingerprint density at radius 2 is 1.96 bits per heavy atom. The van der Waals surface area contributed by atoms with Gasteiger partial charge in [0.05, 0.1) is 17.1 Å². The summed E-state index contributed by atoms with van der Waals surface area (Å²) in [4.78, 5) is 16.5. The topological polar surface area (TPSA) is 68.0 Å². The highest BCUT2D eigenvalue weighted by atomic mass is 35.5. The van der Waals surface area contributed by atoms with Crippen LogP contribution in [0, 0.1) is 13.8 Å². The van der Waals surface area contributed by atoms with Gasteiger partial charge in [-0.05, 0) is 37.6 Å². The molecule has 1 heterocycles. The van der Waals surface area contributed by atoms with Gasteiger partial charge in [-0.2, -0.15) is 4.98 Å². The summed E-state index contributed by atoms with van der Waals surface area (Å²) >= 11 is 6.09. The number of halogens is 1. The molecule has 1 N–H and O–H groups in total. The maximum atomic E-state index is 12.2. The number of hydrogen-bond acceptors (Lipinski definition) is 4. The Labute approximate surface area is 144 Å². The Bertz CT molecular complexity index is 889. The lowest BCUT2D eigenvalue weighted by atomic mass is 10.1.